The van der Waals surface area contributed by atoms with E-state index in [4.69, 9.17) is 0 Å². The second-order valence-corrected chi connectivity index (χ2v) is 4.26. The highest BCUT2D eigenvalue weighted by Crippen LogP contribution is 1.84. The fourth-order valence-electron chi connectivity index (χ4n) is 1.21. The molecule has 2 aromatic rings. The lowest BCUT2D eigenvalue weighted by molar-refractivity contribution is 1.75. The summed E-state index contributed by atoms with van der Waals surface area (Å²) in [6.45, 7) is 0. The van der Waals surface area contributed by atoms with E-state index in [2.05, 4.69) is 60.7 Å². The Hall–Kier alpha value is -1.42. The van der Waals surface area contributed by atoms with Gasteiger partial charge in [-0.15, -0.1) is 0 Å². The second-order valence-electron chi connectivity index (χ2n) is 2.86. The molecule has 0 unspecified atom stereocenters. The number of hydrogen-bond acceptors (Lipinski definition) is 2. The maximum Gasteiger partial charge on any atom is 0.121 e. The Morgan fingerprint density at radius 1 is 0.533 bits per heavy atom. The summed E-state index contributed by atoms with van der Waals surface area (Å²) in [5, 5.41) is 2.79. The third-order valence-electron chi connectivity index (χ3n) is 1.84. The van der Waals surface area contributed by atoms with Gasteiger partial charge >= 0.3 is 0 Å². The first-order valence-electron chi connectivity index (χ1n) is 4.32. The summed E-state index contributed by atoms with van der Waals surface area (Å²) in [6.07, 6.45) is 0. The molecule has 0 saturated heterocycles. The van der Waals surface area contributed by atoms with Crippen LogP contribution in [0.5, 0.6) is 0 Å². The molecule has 2 aromatic carbocycles. The van der Waals surface area contributed by atoms with Gasteiger partial charge < -0.3 is 12.3 Å². The van der Waals surface area contributed by atoms with Crippen LogP contribution >= 0.6 is 0 Å². The standard InChI is InChI=1S/C12H10Si.2H3N/c1-3-7-11(8-4-1)13-12-9-5-2-6-10-12;;/h1-10H;2*1H3. The maximum absolute atomic E-state index is 2.17. The Balaban J connectivity index is 0.000000980. The molecule has 0 aliphatic heterocycles. The molecular formula is C12H16N2Si. The molecule has 15 heavy (non-hydrogen) atoms. The van der Waals surface area contributed by atoms with Crippen LogP contribution in [0.4, 0.5) is 0 Å². The van der Waals surface area contributed by atoms with Crippen molar-refractivity contribution in [3.05, 3.63) is 60.7 Å². The summed E-state index contributed by atoms with van der Waals surface area (Å²) in [6, 6.07) is 21.2. The number of hydrogen-bond donors (Lipinski definition) is 2. The monoisotopic (exact) mass is 216 g/mol. The predicted octanol–water partition coefficient (Wildman–Crippen LogP) is 1.67. The molecule has 78 valence electrons. The van der Waals surface area contributed by atoms with E-state index in [1.54, 1.807) is 0 Å². The third kappa shape index (κ3) is 4.08. The molecule has 2 rings (SSSR count). The molecule has 0 saturated carbocycles. The zero-order valence-electron chi connectivity index (χ0n) is 8.69. The zero-order valence-corrected chi connectivity index (χ0v) is 9.69. The summed E-state index contributed by atoms with van der Waals surface area (Å²) in [7, 11) is 0.777. The SMILES string of the molecule is N.N.c1ccc([Si]c2ccccc2)cc1. The third-order valence-corrected chi connectivity index (χ3v) is 3.08. The van der Waals surface area contributed by atoms with Crippen molar-refractivity contribution in [1.29, 1.82) is 0 Å². The molecule has 0 atom stereocenters. The van der Waals surface area contributed by atoms with Crippen LogP contribution in [0, 0.1) is 0 Å². The van der Waals surface area contributed by atoms with E-state index in [0.29, 0.717) is 0 Å². The first kappa shape index (κ1) is 13.6. The molecule has 0 heterocycles. The van der Waals surface area contributed by atoms with E-state index >= 15 is 0 Å². The first-order valence-corrected chi connectivity index (χ1v) is 5.32. The Labute approximate surface area is 93.3 Å². The molecular weight excluding hydrogens is 200 g/mol. The van der Waals surface area contributed by atoms with Crippen molar-refractivity contribution < 1.29 is 0 Å². The fraction of sp³-hybridized carbons (Fsp3) is 0. The Bertz CT molecular complexity index is 324. The Kier molecular flexibility index (Phi) is 6.29. The van der Waals surface area contributed by atoms with Crippen LogP contribution in [0.1, 0.15) is 0 Å². The molecule has 0 aliphatic carbocycles. The van der Waals surface area contributed by atoms with Gasteiger partial charge in [-0.2, -0.15) is 0 Å². The van der Waals surface area contributed by atoms with Gasteiger partial charge in [0.05, 0.1) is 0 Å². The van der Waals surface area contributed by atoms with Crippen molar-refractivity contribution in [3.63, 3.8) is 0 Å². The van der Waals surface area contributed by atoms with Gasteiger partial charge in [0.25, 0.3) is 0 Å². The maximum atomic E-state index is 2.17. The Morgan fingerprint density at radius 2 is 0.867 bits per heavy atom. The average Bonchev–Trinajstić information content (AvgIpc) is 2.21. The van der Waals surface area contributed by atoms with Crippen molar-refractivity contribution in [3.8, 4) is 0 Å². The fourth-order valence-corrected chi connectivity index (χ4v) is 2.26. The average molecular weight is 216 g/mol. The largest absolute Gasteiger partial charge is 0.344 e. The highest BCUT2D eigenvalue weighted by atomic mass is 28.2. The van der Waals surface area contributed by atoms with Crippen LogP contribution in [-0.4, -0.2) is 9.52 Å². The quantitative estimate of drug-likeness (QED) is 0.750. The lowest BCUT2D eigenvalue weighted by Gasteiger charge is -1.98. The van der Waals surface area contributed by atoms with E-state index < -0.39 is 0 Å². The summed E-state index contributed by atoms with van der Waals surface area (Å²) >= 11 is 0. The van der Waals surface area contributed by atoms with Crippen LogP contribution in [0.25, 0.3) is 0 Å². The first-order chi connectivity index (χ1) is 6.45. The molecule has 0 spiro atoms. The van der Waals surface area contributed by atoms with Crippen LogP contribution in [0.15, 0.2) is 60.7 Å². The minimum absolute atomic E-state index is 0. The molecule has 6 N–H and O–H groups in total. The van der Waals surface area contributed by atoms with E-state index in [0.717, 1.165) is 9.52 Å². The van der Waals surface area contributed by atoms with Gasteiger partial charge in [-0.3, -0.25) is 0 Å². The van der Waals surface area contributed by atoms with Crippen LogP contribution in [0.2, 0.25) is 0 Å². The van der Waals surface area contributed by atoms with Crippen LogP contribution in [-0.2, 0) is 0 Å². The number of benzene rings is 2. The molecule has 3 heteroatoms. The molecule has 0 amide bonds. The predicted molar refractivity (Wildman–Crippen MR) is 68.0 cm³/mol. The van der Waals surface area contributed by atoms with Crippen LogP contribution in [0.3, 0.4) is 0 Å². The van der Waals surface area contributed by atoms with Gasteiger partial charge in [0.1, 0.15) is 9.52 Å². The van der Waals surface area contributed by atoms with Gasteiger partial charge in [-0.05, 0) is 0 Å². The van der Waals surface area contributed by atoms with Gasteiger partial charge in [-0.1, -0.05) is 71.0 Å². The van der Waals surface area contributed by atoms with Gasteiger partial charge in [0, 0.05) is 0 Å². The molecule has 0 aliphatic rings. The van der Waals surface area contributed by atoms with E-state index in [-0.39, 0.29) is 12.3 Å². The normalized spacial score (nSPS) is 8.53. The zero-order chi connectivity index (χ0) is 8.93. The molecule has 0 aromatic heterocycles. The van der Waals surface area contributed by atoms with Gasteiger partial charge in [0.15, 0.2) is 0 Å². The second kappa shape index (κ2) is 6.95. The summed E-state index contributed by atoms with van der Waals surface area (Å²) < 4.78 is 0. The smallest absolute Gasteiger partial charge is 0.121 e. The number of rotatable bonds is 2. The van der Waals surface area contributed by atoms with Crippen molar-refractivity contribution in [2.24, 2.45) is 0 Å². The van der Waals surface area contributed by atoms with E-state index in [1.165, 1.54) is 10.4 Å². The highest BCUT2D eigenvalue weighted by molar-refractivity contribution is 6.67. The van der Waals surface area contributed by atoms with Crippen molar-refractivity contribution in [1.82, 2.24) is 12.3 Å². The van der Waals surface area contributed by atoms with E-state index in [1.807, 2.05) is 0 Å². The van der Waals surface area contributed by atoms with Crippen LogP contribution < -0.4 is 22.7 Å². The van der Waals surface area contributed by atoms with Crippen molar-refractivity contribution >= 4 is 19.9 Å². The van der Waals surface area contributed by atoms with Gasteiger partial charge in [0.2, 0.25) is 0 Å². The molecule has 0 fully saturated rings. The Morgan fingerprint density at radius 3 is 1.20 bits per heavy atom. The summed E-state index contributed by atoms with van der Waals surface area (Å²) in [5.74, 6) is 0. The van der Waals surface area contributed by atoms with E-state index in [9.17, 15) is 0 Å². The minimum atomic E-state index is 0. The van der Waals surface area contributed by atoms with Crippen molar-refractivity contribution in [2.45, 2.75) is 0 Å². The minimum Gasteiger partial charge on any atom is -0.344 e. The summed E-state index contributed by atoms with van der Waals surface area (Å²) in [5.41, 5.74) is 0. The highest BCUT2D eigenvalue weighted by Gasteiger charge is 1.94. The summed E-state index contributed by atoms with van der Waals surface area (Å²) in [4.78, 5) is 0. The lowest BCUT2D eigenvalue weighted by atomic mass is 10.4. The molecule has 2 radical (unpaired) electrons. The molecule has 0 bridgehead atoms. The topological polar surface area (TPSA) is 70.0 Å². The van der Waals surface area contributed by atoms with Crippen molar-refractivity contribution in [2.75, 3.05) is 0 Å². The lowest BCUT2D eigenvalue weighted by Crippen LogP contribution is -2.26. The molecule has 2 nitrogen and oxygen atoms in total. The van der Waals surface area contributed by atoms with Gasteiger partial charge in [-0.25, -0.2) is 0 Å².